The standard InChI is InChI=1S/C23H31N5O4/c1-13-10-16-17(11-14(13)2)28(20(24)19(26-16)21(25)30)12-18(29)27-8-6-15(7-9-27)22(31)32-23(3,4)5/h10-11,15,24H,6-9,12H2,1-5H3,(H2,25,30). The molecule has 1 aromatic heterocycles. The van der Waals surface area contributed by atoms with Crippen LogP contribution in [0.4, 0.5) is 0 Å². The van der Waals surface area contributed by atoms with Crippen LogP contribution in [0.15, 0.2) is 12.1 Å². The Morgan fingerprint density at radius 3 is 2.31 bits per heavy atom. The molecule has 1 fully saturated rings. The minimum Gasteiger partial charge on any atom is -0.460 e. The van der Waals surface area contributed by atoms with Crippen LogP contribution >= 0.6 is 0 Å². The van der Waals surface area contributed by atoms with Crippen molar-refractivity contribution in [1.29, 1.82) is 5.41 Å². The fourth-order valence-corrected chi connectivity index (χ4v) is 3.83. The number of carbonyl (C=O) groups is 3. The van der Waals surface area contributed by atoms with Gasteiger partial charge in [0.05, 0.1) is 17.0 Å². The van der Waals surface area contributed by atoms with Gasteiger partial charge in [-0.15, -0.1) is 0 Å². The summed E-state index contributed by atoms with van der Waals surface area (Å²) in [5, 5.41) is 8.43. The summed E-state index contributed by atoms with van der Waals surface area (Å²) in [6.45, 7) is 10.1. The number of amides is 2. The number of primary amides is 1. The second kappa shape index (κ2) is 8.72. The lowest BCUT2D eigenvalue weighted by atomic mass is 9.96. The molecule has 0 bridgehead atoms. The van der Waals surface area contributed by atoms with E-state index in [0.717, 1.165) is 11.1 Å². The summed E-state index contributed by atoms with van der Waals surface area (Å²) >= 11 is 0. The molecule has 0 saturated carbocycles. The molecule has 0 unspecified atom stereocenters. The number of nitrogens with two attached hydrogens (primary N) is 1. The molecule has 2 aromatic rings. The van der Waals surface area contributed by atoms with E-state index >= 15 is 0 Å². The molecule has 3 N–H and O–H groups in total. The van der Waals surface area contributed by atoms with E-state index in [0.29, 0.717) is 37.0 Å². The van der Waals surface area contributed by atoms with Crippen molar-refractivity contribution < 1.29 is 19.1 Å². The first-order valence-corrected chi connectivity index (χ1v) is 10.7. The summed E-state index contributed by atoms with van der Waals surface area (Å²) < 4.78 is 6.95. The van der Waals surface area contributed by atoms with Crippen LogP contribution in [0.3, 0.4) is 0 Å². The molecule has 32 heavy (non-hydrogen) atoms. The lowest BCUT2D eigenvalue weighted by molar-refractivity contribution is -0.162. The summed E-state index contributed by atoms with van der Waals surface area (Å²) in [6, 6.07) is 3.69. The highest BCUT2D eigenvalue weighted by molar-refractivity contribution is 5.93. The van der Waals surface area contributed by atoms with Gasteiger partial charge in [-0.3, -0.25) is 19.8 Å². The van der Waals surface area contributed by atoms with Crippen LogP contribution in [0.1, 0.15) is 55.2 Å². The van der Waals surface area contributed by atoms with Crippen molar-refractivity contribution in [2.45, 2.75) is 59.6 Å². The summed E-state index contributed by atoms with van der Waals surface area (Å²) in [5.41, 5.74) is 7.61. The molecule has 2 amide bonds. The fourth-order valence-electron chi connectivity index (χ4n) is 3.83. The Bertz CT molecular complexity index is 1140. The average Bonchev–Trinajstić information content (AvgIpc) is 2.70. The van der Waals surface area contributed by atoms with Crippen molar-refractivity contribution >= 4 is 28.8 Å². The number of rotatable bonds is 4. The SMILES string of the molecule is Cc1cc2nc(C(N)=O)c(=N)n(CC(=O)N3CCC(C(=O)OC(C)(C)C)CC3)c2cc1C. The van der Waals surface area contributed by atoms with Gasteiger partial charge in [0, 0.05) is 13.1 Å². The number of esters is 1. The monoisotopic (exact) mass is 441 g/mol. The van der Waals surface area contributed by atoms with E-state index in [9.17, 15) is 14.4 Å². The zero-order valence-electron chi connectivity index (χ0n) is 19.3. The van der Waals surface area contributed by atoms with Gasteiger partial charge in [0.1, 0.15) is 12.1 Å². The first-order chi connectivity index (χ1) is 14.9. The molecule has 1 aliphatic heterocycles. The second-order valence-corrected chi connectivity index (χ2v) is 9.37. The van der Waals surface area contributed by atoms with Gasteiger partial charge in [-0.1, -0.05) is 0 Å². The molecule has 0 aliphatic carbocycles. The minimum atomic E-state index is -0.811. The molecule has 2 heterocycles. The van der Waals surface area contributed by atoms with Crippen molar-refractivity contribution in [2.75, 3.05) is 13.1 Å². The van der Waals surface area contributed by atoms with E-state index in [-0.39, 0.29) is 35.5 Å². The maximum atomic E-state index is 13.1. The molecule has 9 nitrogen and oxygen atoms in total. The van der Waals surface area contributed by atoms with Crippen LogP contribution < -0.4 is 11.2 Å². The maximum Gasteiger partial charge on any atom is 0.309 e. The third kappa shape index (κ3) is 4.98. The molecule has 0 radical (unpaired) electrons. The first-order valence-electron chi connectivity index (χ1n) is 10.7. The van der Waals surface area contributed by atoms with Crippen LogP contribution in [0.2, 0.25) is 0 Å². The van der Waals surface area contributed by atoms with Crippen molar-refractivity contribution in [3.63, 3.8) is 0 Å². The van der Waals surface area contributed by atoms with Gasteiger partial charge in [-0.25, -0.2) is 4.98 Å². The van der Waals surface area contributed by atoms with Crippen LogP contribution in [0.25, 0.3) is 11.0 Å². The van der Waals surface area contributed by atoms with Crippen LogP contribution in [-0.2, 0) is 20.9 Å². The normalized spacial score (nSPS) is 15.1. The van der Waals surface area contributed by atoms with E-state index in [1.807, 2.05) is 46.8 Å². The van der Waals surface area contributed by atoms with Gasteiger partial charge in [0.2, 0.25) is 5.91 Å². The van der Waals surface area contributed by atoms with E-state index < -0.39 is 11.5 Å². The minimum absolute atomic E-state index is 0.113. The maximum absolute atomic E-state index is 13.1. The zero-order valence-corrected chi connectivity index (χ0v) is 19.3. The number of likely N-dealkylation sites (tertiary alicyclic amines) is 1. The molecule has 1 aromatic carbocycles. The number of aryl methyl sites for hydroxylation is 2. The Labute approximate surface area is 187 Å². The molecular weight excluding hydrogens is 410 g/mol. The predicted octanol–water partition coefficient (Wildman–Crippen LogP) is 1.81. The Hall–Kier alpha value is -3.23. The van der Waals surface area contributed by atoms with E-state index in [4.69, 9.17) is 15.9 Å². The number of aromatic nitrogens is 2. The molecule has 9 heteroatoms. The van der Waals surface area contributed by atoms with Gasteiger partial charge in [0.25, 0.3) is 5.91 Å². The third-order valence-corrected chi connectivity index (χ3v) is 5.72. The van der Waals surface area contributed by atoms with Crippen molar-refractivity contribution in [2.24, 2.45) is 11.7 Å². The number of piperidine rings is 1. The molecule has 3 rings (SSSR count). The van der Waals surface area contributed by atoms with Gasteiger partial charge < -0.3 is 19.9 Å². The molecular formula is C23H31N5O4. The van der Waals surface area contributed by atoms with Crippen molar-refractivity contribution in [1.82, 2.24) is 14.5 Å². The van der Waals surface area contributed by atoms with Crippen LogP contribution in [0.5, 0.6) is 0 Å². The van der Waals surface area contributed by atoms with Crippen LogP contribution in [-0.4, -0.2) is 50.9 Å². The van der Waals surface area contributed by atoms with Crippen LogP contribution in [0, 0.1) is 25.2 Å². The second-order valence-electron chi connectivity index (χ2n) is 9.37. The van der Waals surface area contributed by atoms with Gasteiger partial charge in [-0.05, 0) is 70.7 Å². The Morgan fingerprint density at radius 2 is 1.75 bits per heavy atom. The zero-order chi connectivity index (χ0) is 23.8. The molecule has 0 spiro atoms. The summed E-state index contributed by atoms with van der Waals surface area (Å²) in [7, 11) is 0. The third-order valence-electron chi connectivity index (χ3n) is 5.72. The molecule has 1 saturated heterocycles. The fraction of sp³-hybridized carbons (Fsp3) is 0.522. The highest BCUT2D eigenvalue weighted by atomic mass is 16.6. The smallest absolute Gasteiger partial charge is 0.309 e. The van der Waals surface area contributed by atoms with E-state index in [1.165, 1.54) is 4.57 Å². The van der Waals surface area contributed by atoms with E-state index in [2.05, 4.69) is 4.98 Å². The summed E-state index contributed by atoms with van der Waals surface area (Å²) in [5.74, 6) is -1.46. The summed E-state index contributed by atoms with van der Waals surface area (Å²) in [6.07, 6.45) is 1.06. The number of hydrogen-bond donors (Lipinski definition) is 2. The van der Waals surface area contributed by atoms with Gasteiger partial charge in [0.15, 0.2) is 11.2 Å². The largest absolute Gasteiger partial charge is 0.460 e. The Morgan fingerprint density at radius 1 is 1.16 bits per heavy atom. The van der Waals surface area contributed by atoms with Gasteiger partial charge >= 0.3 is 5.97 Å². The highest BCUT2D eigenvalue weighted by Gasteiger charge is 2.31. The number of carbonyl (C=O) groups excluding carboxylic acids is 3. The number of hydrogen-bond acceptors (Lipinski definition) is 6. The Kier molecular flexibility index (Phi) is 6.39. The highest BCUT2D eigenvalue weighted by Crippen LogP contribution is 2.22. The quantitative estimate of drug-likeness (QED) is 0.699. The Balaban J connectivity index is 1.82. The predicted molar refractivity (Wildman–Crippen MR) is 119 cm³/mol. The van der Waals surface area contributed by atoms with Gasteiger partial charge in [-0.2, -0.15) is 0 Å². The topological polar surface area (TPSA) is 131 Å². The lowest BCUT2D eigenvalue weighted by Crippen LogP contribution is -2.44. The van der Waals surface area contributed by atoms with Crippen molar-refractivity contribution in [3.8, 4) is 0 Å². The first kappa shape index (κ1) is 23.4. The molecule has 172 valence electrons. The number of ether oxygens (including phenoxy) is 1. The molecule has 0 atom stereocenters. The summed E-state index contributed by atoms with van der Waals surface area (Å²) in [4.78, 5) is 43.2. The number of fused-ring (bicyclic) bond motifs is 1. The van der Waals surface area contributed by atoms with Crippen molar-refractivity contribution in [3.05, 3.63) is 34.4 Å². The molecule has 1 aliphatic rings. The van der Waals surface area contributed by atoms with E-state index in [1.54, 1.807) is 4.90 Å². The number of nitrogens with zero attached hydrogens (tertiary/aromatic N) is 3. The average molecular weight is 442 g/mol. The number of benzene rings is 1. The lowest BCUT2D eigenvalue weighted by Gasteiger charge is -2.32. The number of nitrogens with one attached hydrogen (secondary N) is 1.